The molecule has 28 heavy (non-hydrogen) atoms. The van der Waals surface area contributed by atoms with Gasteiger partial charge in [0.25, 0.3) is 0 Å². The molecule has 154 valence electrons. The average Bonchev–Trinajstić information content (AvgIpc) is 3.07. The molecule has 1 aromatic carbocycles. The van der Waals surface area contributed by atoms with Gasteiger partial charge in [0.1, 0.15) is 6.61 Å². The van der Waals surface area contributed by atoms with Crippen molar-refractivity contribution >= 4 is 5.90 Å². The van der Waals surface area contributed by atoms with Crippen molar-refractivity contribution < 1.29 is 19.6 Å². The van der Waals surface area contributed by atoms with Crippen LogP contribution in [0.2, 0.25) is 0 Å². The zero-order chi connectivity index (χ0) is 20.2. The monoisotopic (exact) mass is 387 g/mol. The lowest BCUT2D eigenvalue weighted by Gasteiger charge is -2.32. The van der Waals surface area contributed by atoms with Gasteiger partial charge < -0.3 is 9.84 Å². The van der Waals surface area contributed by atoms with Gasteiger partial charge in [0.05, 0.1) is 11.6 Å². The number of ether oxygens (including phenoxy) is 1. The second-order valence-electron chi connectivity index (χ2n) is 8.24. The number of hydrogen-bond acceptors (Lipinski definition) is 5. The standard InChI is InChI=1S/C21H27NO4.C2H6/c1-20(2)14-24-19(22-20)17-6-4-15(5-7-17)16-8-10-18(11-9-16)25-26-21(23)12-3-13-21;1-2/h3-7,12,16,18,23H,8-11,13-14H2,1-2H3;1-2H3. The smallest absolute Gasteiger partial charge is 0.221 e. The third kappa shape index (κ3) is 5.02. The van der Waals surface area contributed by atoms with Crippen LogP contribution in [0.3, 0.4) is 0 Å². The summed E-state index contributed by atoms with van der Waals surface area (Å²) in [5.74, 6) is 0.0870. The Kier molecular flexibility index (Phi) is 6.58. The summed E-state index contributed by atoms with van der Waals surface area (Å²) in [6.07, 6.45) is 8.06. The Bertz CT molecular complexity index is 702. The molecule has 1 N–H and O–H groups in total. The van der Waals surface area contributed by atoms with E-state index in [0.717, 1.165) is 37.1 Å². The Morgan fingerprint density at radius 3 is 2.21 bits per heavy atom. The molecule has 1 aromatic rings. The molecule has 1 fully saturated rings. The molecule has 0 amide bonds. The highest BCUT2D eigenvalue weighted by Gasteiger charge is 2.33. The molecular formula is C23H33NO4. The molecule has 0 saturated heterocycles. The van der Waals surface area contributed by atoms with Crippen LogP contribution in [0.15, 0.2) is 41.4 Å². The van der Waals surface area contributed by atoms with Gasteiger partial charge in [-0.1, -0.05) is 32.1 Å². The van der Waals surface area contributed by atoms with Crippen molar-refractivity contribution in [3.8, 4) is 0 Å². The van der Waals surface area contributed by atoms with Gasteiger partial charge in [-0.15, -0.1) is 0 Å². The second-order valence-corrected chi connectivity index (χ2v) is 8.24. The van der Waals surface area contributed by atoms with Gasteiger partial charge in [-0.25, -0.2) is 9.88 Å². The number of aliphatic imine (C=N–C) groups is 1. The highest BCUT2D eigenvalue weighted by molar-refractivity contribution is 5.95. The summed E-state index contributed by atoms with van der Waals surface area (Å²) in [4.78, 5) is 15.3. The molecule has 4 rings (SSSR count). The fraction of sp³-hybridized carbons (Fsp3) is 0.609. The minimum absolute atomic E-state index is 0.0621. The minimum atomic E-state index is -1.20. The summed E-state index contributed by atoms with van der Waals surface area (Å²) in [5.41, 5.74) is 2.27. The summed E-state index contributed by atoms with van der Waals surface area (Å²) in [6.45, 7) is 8.80. The molecule has 2 aliphatic carbocycles. The zero-order valence-corrected chi connectivity index (χ0v) is 17.5. The first-order valence-electron chi connectivity index (χ1n) is 10.5. The van der Waals surface area contributed by atoms with Crippen LogP contribution >= 0.6 is 0 Å². The van der Waals surface area contributed by atoms with E-state index >= 15 is 0 Å². The van der Waals surface area contributed by atoms with Crippen LogP contribution in [0, 0.1) is 0 Å². The van der Waals surface area contributed by atoms with Crippen molar-refractivity contribution in [1.29, 1.82) is 0 Å². The molecule has 1 saturated carbocycles. The fourth-order valence-corrected chi connectivity index (χ4v) is 3.66. The summed E-state index contributed by atoms with van der Waals surface area (Å²) >= 11 is 0. The van der Waals surface area contributed by atoms with Crippen molar-refractivity contribution in [1.82, 2.24) is 0 Å². The van der Waals surface area contributed by atoms with Crippen molar-refractivity contribution in [3.63, 3.8) is 0 Å². The van der Waals surface area contributed by atoms with Crippen molar-refractivity contribution in [2.24, 2.45) is 4.99 Å². The molecule has 5 nitrogen and oxygen atoms in total. The van der Waals surface area contributed by atoms with Crippen LogP contribution in [0.4, 0.5) is 0 Å². The quantitative estimate of drug-likeness (QED) is 0.338. The van der Waals surface area contributed by atoms with Gasteiger partial charge in [-0.2, -0.15) is 4.89 Å². The lowest BCUT2D eigenvalue weighted by molar-refractivity contribution is -0.427. The van der Waals surface area contributed by atoms with Gasteiger partial charge >= 0.3 is 0 Å². The maximum Gasteiger partial charge on any atom is 0.221 e. The fourth-order valence-electron chi connectivity index (χ4n) is 3.66. The van der Waals surface area contributed by atoms with Crippen molar-refractivity contribution in [3.05, 3.63) is 47.5 Å². The normalized spacial score (nSPS) is 30.5. The number of hydrogen-bond donors (Lipinski definition) is 1. The van der Waals surface area contributed by atoms with Crippen molar-refractivity contribution in [2.45, 2.75) is 83.1 Å². The Morgan fingerprint density at radius 1 is 1.07 bits per heavy atom. The summed E-state index contributed by atoms with van der Waals surface area (Å²) in [7, 11) is 0. The number of benzene rings is 1. The van der Waals surface area contributed by atoms with Gasteiger partial charge in [0.15, 0.2) is 0 Å². The molecule has 1 atom stereocenters. The molecule has 0 aromatic heterocycles. The maximum atomic E-state index is 9.86. The predicted octanol–water partition coefficient (Wildman–Crippen LogP) is 4.89. The van der Waals surface area contributed by atoms with Crippen LogP contribution in [0.5, 0.6) is 0 Å². The van der Waals surface area contributed by atoms with Crippen LogP contribution < -0.4 is 0 Å². The molecule has 0 spiro atoms. The van der Waals surface area contributed by atoms with E-state index in [-0.39, 0.29) is 11.6 Å². The van der Waals surface area contributed by atoms with E-state index in [9.17, 15) is 5.11 Å². The highest BCUT2D eigenvalue weighted by Crippen LogP contribution is 2.35. The first-order chi connectivity index (χ1) is 13.4. The highest BCUT2D eigenvalue weighted by atomic mass is 17.2. The Balaban J connectivity index is 0.00000109. The largest absolute Gasteiger partial charge is 0.475 e. The molecular weight excluding hydrogens is 354 g/mol. The summed E-state index contributed by atoms with van der Waals surface area (Å²) in [6, 6.07) is 8.60. The topological polar surface area (TPSA) is 60.3 Å². The van der Waals surface area contributed by atoms with E-state index in [1.807, 2.05) is 19.9 Å². The van der Waals surface area contributed by atoms with Crippen LogP contribution in [-0.4, -0.2) is 35.0 Å². The third-order valence-corrected chi connectivity index (χ3v) is 5.39. The number of nitrogens with zero attached hydrogens (tertiary/aromatic N) is 1. The molecule has 1 heterocycles. The minimum Gasteiger partial charge on any atom is -0.475 e. The van der Waals surface area contributed by atoms with Crippen LogP contribution in [-0.2, 0) is 14.5 Å². The number of aliphatic hydroxyl groups is 1. The van der Waals surface area contributed by atoms with Gasteiger partial charge in [0, 0.05) is 12.0 Å². The summed E-state index contributed by atoms with van der Waals surface area (Å²) < 4.78 is 5.72. The van der Waals surface area contributed by atoms with Gasteiger partial charge in [-0.3, -0.25) is 0 Å². The lowest BCUT2D eigenvalue weighted by Crippen LogP contribution is -2.36. The molecule has 1 aliphatic heterocycles. The van der Waals surface area contributed by atoms with E-state index in [0.29, 0.717) is 18.9 Å². The maximum absolute atomic E-state index is 9.86. The van der Waals surface area contributed by atoms with Crippen LogP contribution in [0.25, 0.3) is 0 Å². The third-order valence-electron chi connectivity index (χ3n) is 5.39. The molecule has 1 unspecified atom stereocenters. The molecule has 5 heteroatoms. The van der Waals surface area contributed by atoms with E-state index in [2.05, 4.69) is 43.1 Å². The molecule has 0 bridgehead atoms. The van der Waals surface area contributed by atoms with E-state index in [1.54, 1.807) is 6.08 Å². The molecule has 0 radical (unpaired) electrons. The summed E-state index contributed by atoms with van der Waals surface area (Å²) in [5, 5.41) is 9.86. The van der Waals surface area contributed by atoms with E-state index in [4.69, 9.17) is 14.5 Å². The first-order valence-corrected chi connectivity index (χ1v) is 10.5. The Morgan fingerprint density at radius 2 is 1.71 bits per heavy atom. The Labute approximate surface area is 168 Å². The van der Waals surface area contributed by atoms with E-state index < -0.39 is 5.79 Å². The SMILES string of the molecule is CC.CC1(C)COC(c2ccc(C3CCC(OOC4(O)C=CC4)CC3)cc2)=N1. The number of rotatable bonds is 5. The predicted molar refractivity (Wildman–Crippen MR) is 110 cm³/mol. The lowest BCUT2D eigenvalue weighted by atomic mass is 9.82. The molecule has 3 aliphatic rings. The van der Waals surface area contributed by atoms with Gasteiger partial charge in [-0.05, 0) is 69.2 Å². The van der Waals surface area contributed by atoms with E-state index in [1.165, 1.54) is 5.56 Å². The van der Waals surface area contributed by atoms with Crippen molar-refractivity contribution in [2.75, 3.05) is 6.61 Å². The van der Waals surface area contributed by atoms with Crippen LogP contribution in [0.1, 0.15) is 76.8 Å². The first kappa shape index (κ1) is 21.0. The van der Waals surface area contributed by atoms with Gasteiger partial charge in [0.2, 0.25) is 11.7 Å². The average molecular weight is 388 g/mol. The zero-order valence-electron chi connectivity index (χ0n) is 17.5. The second kappa shape index (κ2) is 8.76. The Hall–Kier alpha value is -1.69.